The zero-order valence-corrected chi connectivity index (χ0v) is 8.97. The van der Waals surface area contributed by atoms with Gasteiger partial charge in [0.15, 0.2) is 5.75 Å². The van der Waals surface area contributed by atoms with E-state index in [1.165, 1.54) is 11.4 Å². The van der Waals surface area contributed by atoms with Gasteiger partial charge in [0.2, 0.25) is 7.50 Å². The van der Waals surface area contributed by atoms with Crippen molar-refractivity contribution in [1.29, 1.82) is 0 Å². The minimum absolute atomic E-state index is 0.567. The van der Waals surface area contributed by atoms with E-state index >= 15 is 0 Å². The number of halogens is 2. The predicted octanol–water partition coefficient (Wildman–Crippen LogP) is 3.66. The fraction of sp³-hybridized carbons (Fsp3) is 0. The number of nitrogens with two attached hydrogens (primary N) is 1. The molecule has 1 atom stereocenters. The van der Waals surface area contributed by atoms with Gasteiger partial charge in [0.1, 0.15) is 0 Å². The Labute approximate surface area is 85.0 Å². The number of hydrogen-bond acceptors (Lipinski definition) is 3. The largest absolute Gasteiger partial charge is 0.446 e. The summed E-state index contributed by atoms with van der Waals surface area (Å²) in [5.41, 5.74) is 5.61. The van der Waals surface area contributed by atoms with Gasteiger partial charge in [-0.15, -0.1) is 0 Å². The summed E-state index contributed by atoms with van der Waals surface area (Å²) in [6, 6.07) is 3.45. The van der Waals surface area contributed by atoms with Crippen molar-refractivity contribution in [3.05, 3.63) is 22.2 Å². The Morgan fingerprint density at radius 3 is 2.67 bits per heavy atom. The molecule has 0 fully saturated rings. The first kappa shape index (κ1) is 8.92. The lowest BCUT2D eigenvalue weighted by atomic mass is 10.3. The number of fused-ring (bicyclic) bond motifs is 1. The van der Waals surface area contributed by atoms with Crippen LogP contribution in [0.25, 0.3) is 0 Å². The van der Waals surface area contributed by atoms with E-state index in [0.717, 1.165) is 4.90 Å². The summed E-state index contributed by atoms with van der Waals surface area (Å²) in [5, 5.41) is 1.22. The second kappa shape index (κ2) is 3.24. The van der Waals surface area contributed by atoms with Crippen molar-refractivity contribution in [2.75, 3.05) is 0 Å². The summed E-state index contributed by atoms with van der Waals surface area (Å²) >= 11 is 13.2. The monoisotopic (exact) mass is 239 g/mol. The zero-order valence-electron chi connectivity index (χ0n) is 5.75. The molecular weight excluding hydrogens is 236 g/mol. The van der Waals surface area contributed by atoms with Crippen molar-refractivity contribution in [3.8, 4) is 5.75 Å². The second-order valence-electron chi connectivity index (χ2n) is 2.16. The van der Waals surface area contributed by atoms with Crippen LogP contribution in [0.3, 0.4) is 0 Å². The van der Waals surface area contributed by atoms with Crippen LogP contribution >= 0.6 is 42.1 Å². The van der Waals surface area contributed by atoms with E-state index < -0.39 is 7.50 Å². The summed E-state index contributed by atoms with van der Waals surface area (Å²) in [5.74, 6) is 0.628. The minimum atomic E-state index is -0.977. The molecule has 0 radical (unpaired) electrons. The van der Waals surface area contributed by atoms with Crippen LogP contribution in [0.5, 0.6) is 5.75 Å². The first-order valence-electron chi connectivity index (χ1n) is 3.07. The molecule has 1 heterocycles. The first-order chi connectivity index (χ1) is 5.68. The topological polar surface area (TPSA) is 35.2 Å². The summed E-state index contributed by atoms with van der Waals surface area (Å²) in [7, 11) is -0.977. The Bertz CT molecular complexity index is 305. The van der Waals surface area contributed by atoms with Crippen molar-refractivity contribution < 1.29 is 4.52 Å². The summed E-state index contributed by atoms with van der Waals surface area (Å²) in [4.78, 5) is 0.859. The smallest absolute Gasteiger partial charge is 0.227 e. The van der Waals surface area contributed by atoms with Gasteiger partial charge in [0.05, 0.1) is 14.9 Å². The third kappa shape index (κ3) is 1.40. The molecule has 0 saturated heterocycles. The Hall–Kier alpha value is 0.340. The van der Waals surface area contributed by atoms with Gasteiger partial charge < -0.3 is 4.52 Å². The van der Waals surface area contributed by atoms with Crippen LogP contribution in [0, 0.1) is 0 Å². The molecule has 0 spiro atoms. The molecule has 2 rings (SSSR count). The van der Waals surface area contributed by atoms with Crippen LogP contribution in [0.15, 0.2) is 17.0 Å². The molecule has 0 amide bonds. The average Bonchev–Trinajstić information content (AvgIpc) is 2.41. The summed E-state index contributed by atoms with van der Waals surface area (Å²) in [6.45, 7) is 0. The van der Waals surface area contributed by atoms with Crippen molar-refractivity contribution >= 4 is 42.1 Å². The van der Waals surface area contributed by atoms with Crippen LogP contribution in [0.1, 0.15) is 0 Å². The van der Waals surface area contributed by atoms with E-state index in [4.69, 9.17) is 33.2 Å². The van der Waals surface area contributed by atoms with E-state index in [1.54, 1.807) is 12.1 Å². The summed E-state index contributed by atoms with van der Waals surface area (Å²) < 4.78 is 5.31. The van der Waals surface area contributed by atoms with Gasteiger partial charge in [-0.25, -0.2) is 0 Å². The Kier molecular flexibility index (Phi) is 2.41. The third-order valence-corrected chi connectivity index (χ3v) is 4.54. The maximum Gasteiger partial charge on any atom is 0.227 e. The van der Waals surface area contributed by atoms with E-state index in [-0.39, 0.29) is 0 Å². The Morgan fingerprint density at radius 2 is 2.00 bits per heavy atom. The maximum absolute atomic E-state index is 5.90. The highest BCUT2D eigenvalue weighted by Gasteiger charge is 2.26. The van der Waals surface area contributed by atoms with Crippen LogP contribution in [-0.4, -0.2) is 0 Å². The predicted molar refractivity (Wildman–Crippen MR) is 54.1 cm³/mol. The third-order valence-electron chi connectivity index (χ3n) is 1.38. The molecule has 1 aromatic carbocycles. The lowest BCUT2D eigenvalue weighted by Crippen LogP contribution is -1.86. The van der Waals surface area contributed by atoms with Crippen molar-refractivity contribution in [3.63, 3.8) is 0 Å². The first-order valence-corrected chi connectivity index (χ1v) is 6.58. The Morgan fingerprint density at radius 1 is 1.33 bits per heavy atom. The van der Waals surface area contributed by atoms with Gasteiger partial charge in [0.25, 0.3) is 0 Å². The molecular formula is C6H4Cl2NOPS. The fourth-order valence-electron chi connectivity index (χ4n) is 0.883. The van der Waals surface area contributed by atoms with Crippen LogP contribution in [0.2, 0.25) is 10.0 Å². The van der Waals surface area contributed by atoms with Gasteiger partial charge in [0, 0.05) is 0 Å². The van der Waals surface area contributed by atoms with Crippen molar-refractivity contribution in [2.24, 2.45) is 5.50 Å². The molecule has 6 heteroatoms. The molecule has 0 bridgehead atoms. The van der Waals surface area contributed by atoms with Gasteiger partial charge in [-0.2, -0.15) is 0 Å². The number of benzene rings is 1. The SMILES string of the molecule is NP1Oc2c(Cl)ccc(Cl)c2S1. The normalized spacial score (nSPS) is 20.4. The highest BCUT2D eigenvalue weighted by molar-refractivity contribution is 8.54. The molecule has 0 saturated carbocycles. The summed E-state index contributed by atoms with van der Waals surface area (Å²) in [6.07, 6.45) is 0. The van der Waals surface area contributed by atoms with E-state index in [0.29, 0.717) is 15.8 Å². The highest BCUT2D eigenvalue weighted by Crippen LogP contribution is 2.62. The lowest BCUT2D eigenvalue weighted by Gasteiger charge is -2.01. The molecule has 1 unspecified atom stereocenters. The number of hydrogen-bond donors (Lipinski definition) is 1. The molecule has 1 aromatic rings. The van der Waals surface area contributed by atoms with E-state index in [9.17, 15) is 0 Å². The van der Waals surface area contributed by atoms with Gasteiger partial charge in [-0.3, -0.25) is 5.50 Å². The molecule has 2 nitrogen and oxygen atoms in total. The number of rotatable bonds is 0. The molecule has 64 valence electrons. The zero-order chi connectivity index (χ0) is 8.72. The van der Waals surface area contributed by atoms with Gasteiger partial charge >= 0.3 is 0 Å². The van der Waals surface area contributed by atoms with Gasteiger partial charge in [-0.1, -0.05) is 23.2 Å². The molecule has 1 aliphatic rings. The standard InChI is InChI=1S/C6H4Cl2NOPS/c7-3-1-2-4(8)6-5(3)10-11(9)12-6/h1-2H,9H2. The second-order valence-corrected chi connectivity index (χ2v) is 5.94. The Balaban J connectivity index is 2.56. The minimum Gasteiger partial charge on any atom is -0.446 e. The van der Waals surface area contributed by atoms with Crippen LogP contribution in [0.4, 0.5) is 0 Å². The average molecular weight is 240 g/mol. The van der Waals surface area contributed by atoms with Crippen molar-refractivity contribution in [2.45, 2.75) is 4.90 Å². The highest BCUT2D eigenvalue weighted by atomic mass is 35.5. The quantitative estimate of drug-likeness (QED) is 0.702. The molecule has 0 aromatic heterocycles. The molecule has 12 heavy (non-hydrogen) atoms. The fourth-order valence-corrected chi connectivity index (χ4v) is 4.07. The van der Waals surface area contributed by atoms with E-state index in [1.807, 2.05) is 0 Å². The molecule has 2 N–H and O–H groups in total. The van der Waals surface area contributed by atoms with E-state index in [2.05, 4.69) is 0 Å². The lowest BCUT2D eigenvalue weighted by molar-refractivity contribution is 0.620. The van der Waals surface area contributed by atoms with Gasteiger partial charge in [-0.05, 0) is 23.5 Å². The molecule has 1 aliphatic heterocycles. The maximum atomic E-state index is 5.90. The van der Waals surface area contributed by atoms with Crippen LogP contribution < -0.4 is 10.0 Å². The van der Waals surface area contributed by atoms with Crippen LogP contribution in [-0.2, 0) is 0 Å². The molecule has 0 aliphatic carbocycles. The van der Waals surface area contributed by atoms with Crippen molar-refractivity contribution in [1.82, 2.24) is 0 Å².